The molecular formula is C15H16N2O3. The summed E-state index contributed by atoms with van der Waals surface area (Å²) in [5.41, 5.74) is 1.02. The number of hydrogen-bond acceptors (Lipinski definition) is 2. The van der Waals surface area contributed by atoms with E-state index < -0.39 is 11.5 Å². The molecule has 1 aliphatic heterocycles. The first kappa shape index (κ1) is 13.9. The monoisotopic (exact) mass is 272 g/mol. The summed E-state index contributed by atoms with van der Waals surface area (Å²) in [7, 11) is 0. The second-order valence-corrected chi connectivity index (χ2v) is 5.25. The molecule has 5 nitrogen and oxygen atoms in total. The summed E-state index contributed by atoms with van der Waals surface area (Å²) in [4.78, 5) is 24.8. The molecule has 20 heavy (non-hydrogen) atoms. The number of anilines is 1. The van der Waals surface area contributed by atoms with E-state index >= 15 is 0 Å². The van der Waals surface area contributed by atoms with Crippen LogP contribution in [0, 0.1) is 12.3 Å². The normalized spacial score (nSPS) is 13.6. The summed E-state index contributed by atoms with van der Waals surface area (Å²) in [6.45, 7) is 3.98. The second-order valence-electron chi connectivity index (χ2n) is 5.25. The van der Waals surface area contributed by atoms with E-state index in [1.54, 1.807) is 26.0 Å². The predicted molar refractivity (Wildman–Crippen MR) is 75.9 cm³/mol. The molecule has 104 valence electrons. The van der Waals surface area contributed by atoms with Crippen LogP contribution in [0.25, 0.3) is 0 Å². The van der Waals surface area contributed by atoms with Gasteiger partial charge >= 0.3 is 12.0 Å². The molecule has 5 heteroatoms. The molecule has 2 rings (SSSR count). The van der Waals surface area contributed by atoms with Crippen molar-refractivity contribution in [1.29, 1.82) is 0 Å². The van der Waals surface area contributed by atoms with Crippen LogP contribution in [-0.4, -0.2) is 29.2 Å². The number of rotatable bonds is 2. The first-order valence-corrected chi connectivity index (χ1v) is 6.28. The minimum atomic E-state index is -1.01. The number of aromatic carboxylic acids is 1. The molecule has 0 aliphatic carbocycles. The van der Waals surface area contributed by atoms with E-state index in [-0.39, 0.29) is 11.6 Å². The summed E-state index contributed by atoms with van der Waals surface area (Å²) in [5.74, 6) is 1.49. The molecule has 0 fully saturated rings. The Morgan fingerprint density at radius 2 is 2.15 bits per heavy atom. The van der Waals surface area contributed by atoms with Crippen LogP contribution in [0.15, 0.2) is 18.2 Å². The van der Waals surface area contributed by atoms with Gasteiger partial charge in [-0.2, -0.15) is 0 Å². The van der Waals surface area contributed by atoms with Crippen LogP contribution in [0.3, 0.4) is 0 Å². The number of fused-ring (bicyclic) bond motifs is 1. The lowest BCUT2D eigenvalue weighted by molar-refractivity contribution is 0.0697. The fourth-order valence-corrected chi connectivity index (χ4v) is 2.09. The maximum Gasteiger partial charge on any atom is 0.335 e. The number of nitrogens with zero attached hydrogens (tertiary/aromatic N) is 1. The van der Waals surface area contributed by atoms with Gasteiger partial charge in [0, 0.05) is 12.2 Å². The largest absolute Gasteiger partial charge is 0.478 e. The smallest absolute Gasteiger partial charge is 0.335 e. The quantitative estimate of drug-likeness (QED) is 0.807. The Hall–Kier alpha value is -2.48. The van der Waals surface area contributed by atoms with Crippen molar-refractivity contribution in [2.45, 2.75) is 25.8 Å². The van der Waals surface area contributed by atoms with E-state index in [1.165, 1.54) is 11.0 Å². The van der Waals surface area contributed by atoms with Crippen molar-refractivity contribution >= 4 is 17.7 Å². The molecule has 1 aromatic rings. The van der Waals surface area contributed by atoms with Crippen LogP contribution < -0.4 is 10.2 Å². The molecular weight excluding hydrogens is 256 g/mol. The van der Waals surface area contributed by atoms with Gasteiger partial charge in [0.25, 0.3) is 0 Å². The van der Waals surface area contributed by atoms with Gasteiger partial charge in [-0.15, -0.1) is 6.42 Å². The number of carbonyl (C=O) groups is 2. The highest BCUT2D eigenvalue weighted by Gasteiger charge is 2.28. The van der Waals surface area contributed by atoms with Crippen molar-refractivity contribution < 1.29 is 14.7 Å². The number of urea groups is 1. The molecule has 1 aliphatic rings. The summed E-state index contributed by atoms with van der Waals surface area (Å²) in [5, 5.41) is 11.8. The molecule has 0 aromatic heterocycles. The molecule has 0 radical (unpaired) electrons. The third-order valence-electron chi connectivity index (χ3n) is 3.25. The average Bonchev–Trinajstić information content (AvgIpc) is 2.80. The van der Waals surface area contributed by atoms with Crippen molar-refractivity contribution in [3.05, 3.63) is 29.3 Å². The third kappa shape index (κ3) is 2.59. The maximum atomic E-state index is 12.2. The van der Waals surface area contributed by atoms with Crippen LogP contribution in [0.1, 0.15) is 29.8 Å². The number of benzene rings is 1. The van der Waals surface area contributed by atoms with Gasteiger partial charge in [0.05, 0.1) is 11.1 Å². The summed E-state index contributed by atoms with van der Waals surface area (Å²) >= 11 is 0. The topological polar surface area (TPSA) is 69.6 Å². The van der Waals surface area contributed by atoms with Crippen molar-refractivity contribution in [2.24, 2.45) is 0 Å². The van der Waals surface area contributed by atoms with Crippen molar-refractivity contribution in [1.82, 2.24) is 5.32 Å². The van der Waals surface area contributed by atoms with E-state index in [4.69, 9.17) is 11.5 Å². The zero-order valence-electron chi connectivity index (χ0n) is 11.4. The Kier molecular flexibility index (Phi) is 3.41. The molecule has 0 spiro atoms. The Labute approximate surface area is 117 Å². The van der Waals surface area contributed by atoms with E-state index in [2.05, 4.69) is 11.2 Å². The van der Waals surface area contributed by atoms with Crippen LogP contribution >= 0.6 is 0 Å². The molecule has 0 unspecified atom stereocenters. The third-order valence-corrected chi connectivity index (χ3v) is 3.25. The van der Waals surface area contributed by atoms with Gasteiger partial charge in [-0.05, 0) is 38.0 Å². The fraction of sp³-hybridized carbons (Fsp3) is 0.333. The number of amides is 2. The average molecular weight is 272 g/mol. The van der Waals surface area contributed by atoms with Gasteiger partial charge in [-0.25, -0.2) is 9.59 Å². The van der Waals surface area contributed by atoms with Crippen molar-refractivity contribution in [2.75, 3.05) is 11.4 Å². The SMILES string of the molecule is C#CC(C)(C)NC(=O)N1CCc2ccc(C(=O)O)cc21. The van der Waals surface area contributed by atoms with Gasteiger partial charge < -0.3 is 10.4 Å². The standard InChI is InChI=1S/C15H16N2O3/c1-4-15(2,3)16-14(20)17-8-7-10-5-6-11(13(18)19)9-12(10)17/h1,5-6,9H,7-8H2,2-3H3,(H,16,20)(H,18,19). The molecule has 2 N–H and O–H groups in total. The summed E-state index contributed by atoms with van der Waals surface area (Å²) < 4.78 is 0. The zero-order valence-corrected chi connectivity index (χ0v) is 11.4. The lowest BCUT2D eigenvalue weighted by Crippen LogP contribution is -2.49. The molecule has 1 heterocycles. The maximum absolute atomic E-state index is 12.2. The van der Waals surface area contributed by atoms with Crippen LogP contribution in [0.5, 0.6) is 0 Å². The first-order valence-electron chi connectivity index (χ1n) is 6.28. The van der Waals surface area contributed by atoms with Crippen LogP contribution in [-0.2, 0) is 6.42 Å². The van der Waals surface area contributed by atoms with E-state index in [0.29, 0.717) is 18.7 Å². The van der Waals surface area contributed by atoms with Crippen molar-refractivity contribution in [3.63, 3.8) is 0 Å². The Balaban J connectivity index is 2.27. The molecule has 0 saturated heterocycles. The number of nitrogens with one attached hydrogen (secondary N) is 1. The highest BCUT2D eigenvalue weighted by Crippen LogP contribution is 2.29. The minimum Gasteiger partial charge on any atom is -0.478 e. The fourth-order valence-electron chi connectivity index (χ4n) is 2.09. The molecule has 0 saturated carbocycles. The van der Waals surface area contributed by atoms with E-state index in [9.17, 15) is 9.59 Å². The van der Waals surface area contributed by atoms with Crippen molar-refractivity contribution in [3.8, 4) is 12.3 Å². The number of carboxylic acid groups (broad SMARTS) is 1. The molecule has 2 amide bonds. The van der Waals surface area contributed by atoms with Gasteiger partial charge in [0.15, 0.2) is 0 Å². The molecule has 0 atom stereocenters. The van der Waals surface area contributed by atoms with Crippen LogP contribution in [0.2, 0.25) is 0 Å². The van der Waals surface area contributed by atoms with Gasteiger partial charge in [-0.3, -0.25) is 4.90 Å². The summed E-state index contributed by atoms with van der Waals surface area (Å²) in [6, 6.07) is 4.51. The molecule has 1 aromatic carbocycles. The van der Waals surface area contributed by atoms with Gasteiger partial charge in [0.1, 0.15) is 0 Å². The molecule has 0 bridgehead atoms. The highest BCUT2D eigenvalue weighted by molar-refractivity contribution is 5.97. The predicted octanol–water partition coefficient (Wildman–Crippen LogP) is 1.87. The Morgan fingerprint density at radius 3 is 2.75 bits per heavy atom. The second kappa shape index (κ2) is 4.89. The lowest BCUT2D eigenvalue weighted by Gasteiger charge is -2.25. The number of hydrogen-bond donors (Lipinski definition) is 2. The van der Waals surface area contributed by atoms with E-state index in [0.717, 1.165) is 5.56 Å². The lowest BCUT2D eigenvalue weighted by atomic mass is 10.1. The zero-order chi connectivity index (χ0) is 14.9. The van der Waals surface area contributed by atoms with E-state index in [1.807, 2.05) is 0 Å². The Bertz CT molecular complexity index is 614. The number of carboxylic acids is 1. The first-order chi connectivity index (χ1) is 9.34. The Morgan fingerprint density at radius 1 is 1.45 bits per heavy atom. The van der Waals surface area contributed by atoms with Gasteiger partial charge in [-0.1, -0.05) is 12.0 Å². The van der Waals surface area contributed by atoms with Crippen LogP contribution in [0.4, 0.5) is 10.5 Å². The van der Waals surface area contributed by atoms with Gasteiger partial charge in [0.2, 0.25) is 0 Å². The summed E-state index contributed by atoms with van der Waals surface area (Å²) in [6.07, 6.45) is 6.06. The minimum absolute atomic E-state index is 0.166. The number of terminal acetylenes is 1. The number of carbonyl (C=O) groups excluding carboxylic acids is 1. The highest BCUT2D eigenvalue weighted by atomic mass is 16.4.